The fourth-order valence-electron chi connectivity index (χ4n) is 4.09. The van der Waals surface area contributed by atoms with Crippen LogP contribution < -0.4 is 24.8 Å². The van der Waals surface area contributed by atoms with Crippen molar-refractivity contribution in [1.29, 1.82) is 0 Å². The number of fused-ring (bicyclic) bond motifs is 1. The summed E-state index contributed by atoms with van der Waals surface area (Å²) >= 11 is 0. The van der Waals surface area contributed by atoms with Gasteiger partial charge >= 0.3 is 6.09 Å². The SMILES string of the molecule is COc1ccc2cc(-c3ccnc(NCCc4ccc(OC)c(OC)c4)n3)cc(NC(=O)OC(C)(C)C)c2c1. The van der Waals surface area contributed by atoms with Crippen LogP contribution in [-0.4, -0.2) is 49.5 Å². The van der Waals surface area contributed by atoms with Gasteiger partial charge in [0.15, 0.2) is 11.5 Å². The van der Waals surface area contributed by atoms with Gasteiger partial charge in [-0.3, -0.25) is 5.32 Å². The van der Waals surface area contributed by atoms with Gasteiger partial charge in [-0.1, -0.05) is 12.1 Å². The fraction of sp³-hybridized carbons (Fsp3) is 0.300. The molecule has 0 atom stereocenters. The van der Waals surface area contributed by atoms with Crippen molar-refractivity contribution in [2.75, 3.05) is 38.5 Å². The molecule has 0 aliphatic rings. The summed E-state index contributed by atoms with van der Waals surface area (Å²) in [5, 5.41) is 7.93. The van der Waals surface area contributed by atoms with Crippen LogP contribution in [0, 0.1) is 0 Å². The third kappa shape index (κ3) is 7.07. The number of carbonyl (C=O) groups excluding carboxylic acids is 1. The second kappa shape index (κ2) is 11.9. The molecule has 0 aliphatic heterocycles. The number of nitrogens with zero attached hydrogens (tertiary/aromatic N) is 2. The number of hydrogen-bond donors (Lipinski definition) is 2. The highest BCUT2D eigenvalue weighted by Gasteiger charge is 2.18. The van der Waals surface area contributed by atoms with Gasteiger partial charge in [0.1, 0.15) is 11.4 Å². The van der Waals surface area contributed by atoms with Crippen LogP contribution in [0.25, 0.3) is 22.0 Å². The molecule has 1 aromatic heterocycles. The molecule has 1 amide bonds. The van der Waals surface area contributed by atoms with Crippen LogP contribution in [0.2, 0.25) is 0 Å². The van der Waals surface area contributed by atoms with Gasteiger partial charge in [0, 0.05) is 23.7 Å². The number of hydrogen-bond acceptors (Lipinski definition) is 8. The molecule has 0 bridgehead atoms. The molecule has 2 N–H and O–H groups in total. The Morgan fingerprint density at radius 1 is 0.897 bits per heavy atom. The van der Waals surface area contributed by atoms with Crippen molar-refractivity contribution < 1.29 is 23.7 Å². The Morgan fingerprint density at radius 2 is 1.69 bits per heavy atom. The fourth-order valence-corrected chi connectivity index (χ4v) is 4.09. The maximum atomic E-state index is 12.6. The first-order valence-corrected chi connectivity index (χ1v) is 12.6. The first-order chi connectivity index (χ1) is 18.7. The van der Waals surface area contributed by atoms with Crippen LogP contribution in [0.1, 0.15) is 26.3 Å². The molecule has 204 valence electrons. The van der Waals surface area contributed by atoms with Crippen LogP contribution in [0.3, 0.4) is 0 Å². The molecule has 9 heteroatoms. The first-order valence-electron chi connectivity index (χ1n) is 12.6. The van der Waals surface area contributed by atoms with E-state index in [4.69, 9.17) is 23.9 Å². The van der Waals surface area contributed by atoms with Gasteiger partial charge < -0.3 is 24.3 Å². The van der Waals surface area contributed by atoms with E-state index in [1.54, 1.807) is 27.5 Å². The van der Waals surface area contributed by atoms with E-state index in [1.807, 2.05) is 75.4 Å². The summed E-state index contributed by atoms with van der Waals surface area (Å²) in [6.07, 6.45) is 1.92. The van der Waals surface area contributed by atoms with Crippen LogP contribution in [0.5, 0.6) is 17.2 Å². The minimum Gasteiger partial charge on any atom is -0.497 e. The molecule has 4 rings (SSSR count). The van der Waals surface area contributed by atoms with Gasteiger partial charge in [-0.25, -0.2) is 14.8 Å². The number of anilines is 2. The maximum absolute atomic E-state index is 12.6. The number of amides is 1. The Hall–Kier alpha value is -4.53. The maximum Gasteiger partial charge on any atom is 0.412 e. The normalized spacial score (nSPS) is 11.1. The first kappa shape index (κ1) is 27.5. The second-order valence-electron chi connectivity index (χ2n) is 9.87. The highest BCUT2D eigenvalue weighted by Crippen LogP contribution is 2.33. The number of methoxy groups -OCH3 is 3. The highest BCUT2D eigenvalue weighted by molar-refractivity contribution is 6.03. The average molecular weight is 531 g/mol. The Bertz CT molecular complexity index is 1470. The van der Waals surface area contributed by atoms with Crippen LogP contribution in [0.4, 0.5) is 16.4 Å². The van der Waals surface area contributed by atoms with Gasteiger partial charge in [-0.05, 0) is 80.6 Å². The minimum atomic E-state index is -0.626. The molecule has 0 radical (unpaired) electrons. The number of rotatable bonds is 9. The zero-order valence-corrected chi connectivity index (χ0v) is 23.1. The zero-order chi connectivity index (χ0) is 28.0. The van der Waals surface area contributed by atoms with Crippen molar-refractivity contribution in [3.8, 4) is 28.5 Å². The van der Waals surface area contributed by atoms with Gasteiger partial charge in [-0.15, -0.1) is 0 Å². The van der Waals surface area contributed by atoms with Crippen molar-refractivity contribution in [1.82, 2.24) is 9.97 Å². The van der Waals surface area contributed by atoms with Crippen molar-refractivity contribution in [3.05, 3.63) is 66.4 Å². The standard InChI is InChI=1S/C30H34N4O5/c1-30(2,3)39-29(35)34-25-17-21(16-20-8-9-22(36-4)18-23(20)25)24-12-14-32-28(33-24)31-13-11-19-7-10-26(37-5)27(15-19)38-6/h7-10,12,14-18H,11,13H2,1-6H3,(H,34,35)(H,31,32,33). The third-order valence-corrected chi connectivity index (χ3v) is 5.89. The van der Waals surface area contributed by atoms with E-state index in [0.717, 1.165) is 28.3 Å². The van der Waals surface area contributed by atoms with Crippen LogP contribution >= 0.6 is 0 Å². The topological polar surface area (TPSA) is 104 Å². The summed E-state index contributed by atoms with van der Waals surface area (Å²) in [5.74, 6) is 2.58. The van der Waals surface area contributed by atoms with Gasteiger partial charge in [0.25, 0.3) is 0 Å². The summed E-state index contributed by atoms with van der Waals surface area (Å²) in [6.45, 7) is 6.10. The van der Waals surface area contributed by atoms with Crippen molar-refractivity contribution in [3.63, 3.8) is 0 Å². The van der Waals surface area contributed by atoms with Gasteiger partial charge in [-0.2, -0.15) is 0 Å². The molecule has 3 aromatic carbocycles. The lowest BCUT2D eigenvalue weighted by molar-refractivity contribution is 0.0636. The molecule has 0 aliphatic carbocycles. The van der Waals surface area contributed by atoms with Crippen LogP contribution in [0.15, 0.2) is 60.8 Å². The lowest BCUT2D eigenvalue weighted by atomic mass is 10.0. The Balaban J connectivity index is 1.57. The molecule has 0 unspecified atom stereocenters. The molecule has 1 heterocycles. The Morgan fingerprint density at radius 3 is 2.41 bits per heavy atom. The van der Waals surface area contributed by atoms with E-state index in [-0.39, 0.29) is 0 Å². The predicted octanol–water partition coefficient (Wildman–Crippen LogP) is 6.32. The van der Waals surface area contributed by atoms with E-state index in [0.29, 0.717) is 41.1 Å². The number of aromatic nitrogens is 2. The minimum absolute atomic E-state index is 0.504. The summed E-state index contributed by atoms with van der Waals surface area (Å²) in [6, 6.07) is 17.3. The summed E-state index contributed by atoms with van der Waals surface area (Å²) in [7, 11) is 4.85. The number of ether oxygens (including phenoxy) is 4. The summed E-state index contributed by atoms with van der Waals surface area (Å²) in [5.41, 5.74) is 2.60. The number of nitrogens with one attached hydrogen (secondary N) is 2. The molecule has 4 aromatic rings. The Labute approximate surface area is 228 Å². The van der Waals surface area contributed by atoms with Crippen molar-refractivity contribution in [2.45, 2.75) is 32.8 Å². The monoisotopic (exact) mass is 530 g/mol. The van der Waals surface area contributed by atoms with E-state index in [2.05, 4.69) is 15.6 Å². The quantitative estimate of drug-likeness (QED) is 0.259. The Kier molecular flexibility index (Phi) is 8.39. The average Bonchev–Trinajstić information content (AvgIpc) is 2.91. The molecule has 39 heavy (non-hydrogen) atoms. The smallest absolute Gasteiger partial charge is 0.412 e. The number of carbonyl (C=O) groups is 1. The molecule has 9 nitrogen and oxygen atoms in total. The predicted molar refractivity (Wildman–Crippen MR) is 153 cm³/mol. The van der Waals surface area contributed by atoms with E-state index in [1.165, 1.54) is 0 Å². The van der Waals surface area contributed by atoms with E-state index >= 15 is 0 Å². The molecule has 0 spiro atoms. The zero-order valence-electron chi connectivity index (χ0n) is 23.1. The lowest BCUT2D eigenvalue weighted by Crippen LogP contribution is -2.27. The summed E-state index contributed by atoms with van der Waals surface area (Å²) < 4.78 is 21.6. The molecule has 0 saturated carbocycles. The largest absolute Gasteiger partial charge is 0.497 e. The summed E-state index contributed by atoms with van der Waals surface area (Å²) in [4.78, 5) is 21.7. The van der Waals surface area contributed by atoms with Crippen molar-refractivity contribution >= 4 is 28.5 Å². The molecular formula is C30H34N4O5. The highest BCUT2D eigenvalue weighted by atomic mass is 16.6. The number of benzene rings is 3. The van der Waals surface area contributed by atoms with Crippen LogP contribution in [-0.2, 0) is 11.2 Å². The molecule has 0 saturated heterocycles. The van der Waals surface area contributed by atoms with Crippen molar-refractivity contribution in [2.24, 2.45) is 0 Å². The van der Waals surface area contributed by atoms with E-state index in [9.17, 15) is 4.79 Å². The second-order valence-corrected chi connectivity index (χ2v) is 9.87. The molecular weight excluding hydrogens is 496 g/mol. The van der Waals surface area contributed by atoms with E-state index < -0.39 is 11.7 Å². The molecule has 0 fully saturated rings. The lowest BCUT2D eigenvalue weighted by Gasteiger charge is -2.20. The van der Waals surface area contributed by atoms with Gasteiger partial charge in [0.05, 0.1) is 32.7 Å². The van der Waals surface area contributed by atoms with Gasteiger partial charge in [0.2, 0.25) is 5.95 Å². The third-order valence-electron chi connectivity index (χ3n) is 5.89.